The molecule has 1 aliphatic heterocycles. The Morgan fingerprint density at radius 2 is 1.94 bits per heavy atom. The van der Waals surface area contributed by atoms with Crippen molar-refractivity contribution in [2.45, 2.75) is 19.4 Å². The number of fused-ring (bicyclic) bond motifs is 1. The molecule has 2 heterocycles. The zero-order valence-corrected chi connectivity index (χ0v) is 11.4. The van der Waals surface area contributed by atoms with Crippen molar-refractivity contribution in [1.82, 2.24) is 4.57 Å². The van der Waals surface area contributed by atoms with Crippen molar-refractivity contribution in [3.8, 4) is 0 Å². The molecule has 0 aliphatic carbocycles. The van der Waals surface area contributed by atoms with Crippen LogP contribution in [0.5, 0.6) is 0 Å². The van der Waals surface area contributed by atoms with Crippen LogP contribution in [0.2, 0.25) is 0 Å². The monoisotopic (exact) mass is 304 g/mol. The number of para-hydroxylation sites is 1. The van der Waals surface area contributed by atoms with Crippen LogP contribution in [0.4, 0.5) is 11.4 Å². The Morgan fingerprint density at radius 1 is 1.11 bits per heavy atom. The van der Waals surface area contributed by atoms with Gasteiger partial charge in [-0.25, -0.2) is 0 Å². The van der Waals surface area contributed by atoms with Gasteiger partial charge in [0.15, 0.2) is 0 Å². The topological polar surface area (TPSA) is 34.0 Å². The van der Waals surface area contributed by atoms with Crippen LogP contribution in [-0.2, 0) is 13.0 Å². The molecule has 3 nitrogen and oxygen atoms in total. The van der Waals surface area contributed by atoms with Crippen molar-refractivity contribution < 1.29 is 0 Å². The smallest absolute Gasteiger partial charge is 0.274 e. The first-order valence-electron chi connectivity index (χ1n) is 6.00. The van der Waals surface area contributed by atoms with Gasteiger partial charge in [-0.1, -0.05) is 12.1 Å². The number of benzene rings is 1. The largest absolute Gasteiger partial charge is 0.350 e. The number of nitrogens with zero attached hydrogens (tertiary/aromatic N) is 1. The molecule has 1 aliphatic rings. The first kappa shape index (κ1) is 11.5. The second kappa shape index (κ2) is 4.61. The van der Waals surface area contributed by atoms with E-state index in [1.807, 2.05) is 41.0 Å². The van der Waals surface area contributed by atoms with Gasteiger partial charge in [0.25, 0.3) is 5.56 Å². The van der Waals surface area contributed by atoms with Crippen LogP contribution < -0.4 is 10.9 Å². The molecule has 0 fully saturated rings. The highest BCUT2D eigenvalue weighted by atomic mass is 79.9. The molecule has 0 saturated heterocycles. The Morgan fingerprint density at radius 3 is 2.78 bits per heavy atom. The normalized spacial score (nSPS) is 13.4. The molecule has 0 bridgehead atoms. The maximum atomic E-state index is 12.3. The molecule has 0 radical (unpaired) electrons. The number of nitrogens with one attached hydrogen (secondary N) is 1. The van der Waals surface area contributed by atoms with Crippen molar-refractivity contribution in [2.75, 3.05) is 5.32 Å². The standard InChI is InChI=1S/C14H13BrN2O/c15-11-5-1-2-6-12(11)16-13-8-7-10-4-3-9-17(10)14(13)18/h1-2,5-8,16H,3-4,9H2. The summed E-state index contributed by atoms with van der Waals surface area (Å²) in [6.07, 6.45) is 2.07. The molecule has 0 spiro atoms. The number of pyridine rings is 1. The molecule has 18 heavy (non-hydrogen) atoms. The molecular formula is C14H13BrN2O. The van der Waals surface area contributed by atoms with E-state index in [1.165, 1.54) is 0 Å². The zero-order chi connectivity index (χ0) is 12.5. The van der Waals surface area contributed by atoms with Gasteiger partial charge in [0.1, 0.15) is 5.69 Å². The molecule has 0 unspecified atom stereocenters. The first-order chi connectivity index (χ1) is 8.75. The summed E-state index contributed by atoms with van der Waals surface area (Å²) in [5.74, 6) is 0. The molecule has 1 N–H and O–H groups in total. The highest BCUT2D eigenvalue weighted by molar-refractivity contribution is 9.10. The lowest BCUT2D eigenvalue weighted by molar-refractivity contribution is 0.722. The predicted molar refractivity (Wildman–Crippen MR) is 76.4 cm³/mol. The number of rotatable bonds is 2. The Labute approximate surface area is 114 Å². The van der Waals surface area contributed by atoms with E-state index in [-0.39, 0.29) is 5.56 Å². The van der Waals surface area contributed by atoms with Gasteiger partial charge in [-0.05, 0) is 53.0 Å². The Hall–Kier alpha value is -1.55. The Bertz CT molecular complexity index is 648. The number of hydrogen-bond acceptors (Lipinski definition) is 2. The van der Waals surface area contributed by atoms with Gasteiger partial charge in [-0.3, -0.25) is 4.79 Å². The van der Waals surface area contributed by atoms with Crippen LogP contribution in [0, 0.1) is 0 Å². The van der Waals surface area contributed by atoms with Crippen molar-refractivity contribution in [3.05, 3.63) is 56.9 Å². The van der Waals surface area contributed by atoms with Gasteiger partial charge in [0, 0.05) is 16.7 Å². The van der Waals surface area contributed by atoms with E-state index in [4.69, 9.17) is 0 Å². The number of anilines is 2. The van der Waals surface area contributed by atoms with E-state index in [9.17, 15) is 4.79 Å². The highest BCUT2D eigenvalue weighted by Gasteiger charge is 2.14. The van der Waals surface area contributed by atoms with E-state index >= 15 is 0 Å². The molecular weight excluding hydrogens is 292 g/mol. The molecule has 1 aromatic carbocycles. The molecule has 1 aromatic heterocycles. The lowest BCUT2D eigenvalue weighted by Crippen LogP contribution is -2.21. The summed E-state index contributed by atoms with van der Waals surface area (Å²) in [6, 6.07) is 11.7. The van der Waals surface area contributed by atoms with Gasteiger partial charge in [-0.2, -0.15) is 0 Å². The third-order valence-corrected chi connectivity index (χ3v) is 3.91. The Kier molecular flexibility index (Phi) is 2.96. The maximum Gasteiger partial charge on any atom is 0.274 e. The number of halogens is 1. The number of aromatic nitrogens is 1. The minimum Gasteiger partial charge on any atom is -0.350 e. The second-order valence-electron chi connectivity index (χ2n) is 4.40. The predicted octanol–water partition coefficient (Wildman–Crippen LogP) is 3.30. The second-order valence-corrected chi connectivity index (χ2v) is 5.26. The summed E-state index contributed by atoms with van der Waals surface area (Å²) in [5.41, 5.74) is 2.75. The SMILES string of the molecule is O=c1c(Nc2ccccc2Br)ccc2n1CCC2. The van der Waals surface area contributed by atoms with E-state index in [2.05, 4.69) is 21.2 Å². The van der Waals surface area contributed by atoms with Crippen LogP contribution in [0.1, 0.15) is 12.1 Å². The molecule has 92 valence electrons. The van der Waals surface area contributed by atoms with Crippen molar-refractivity contribution in [2.24, 2.45) is 0 Å². The minimum absolute atomic E-state index is 0.0701. The summed E-state index contributed by atoms with van der Waals surface area (Å²) in [5, 5.41) is 3.19. The van der Waals surface area contributed by atoms with E-state index in [1.54, 1.807) is 0 Å². The van der Waals surface area contributed by atoms with Gasteiger partial charge < -0.3 is 9.88 Å². The van der Waals surface area contributed by atoms with Gasteiger partial charge in [0.05, 0.1) is 5.69 Å². The van der Waals surface area contributed by atoms with Crippen LogP contribution in [0.25, 0.3) is 0 Å². The highest BCUT2D eigenvalue weighted by Crippen LogP contribution is 2.24. The summed E-state index contributed by atoms with van der Waals surface area (Å²) in [4.78, 5) is 12.3. The van der Waals surface area contributed by atoms with Crippen LogP contribution in [-0.4, -0.2) is 4.57 Å². The van der Waals surface area contributed by atoms with Crippen molar-refractivity contribution in [3.63, 3.8) is 0 Å². The lowest BCUT2D eigenvalue weighted by Gasteiger charge is -2.10. The van der Waals surface area contributed by atoms with Crippen LogP contribution in [0.3, 0.4) is 0 Å². The zero-order valence-electron chi connectivity index (χ0n) is 9.82. The quantitative estimate of drug-likeness (QED) is 0.923. The summed E-state index contributed by atoms with van der Waals surface area (Å²) in [6.45, 7) is 0.833. The van der Waals surface area contributed by atoms with E-state index in [0.29, 0.717) is 5.69 Å². The van der Waals surface area contributed by atoms with Crippen LogP contribution in [0.15, 0.2) is 45.7 Å². The minimum atomic E-state index is 0.0701. The first-order valence-corrected chi connectivity index (χ1v) is 6.79. The Balaban J connectivity index is 2.00. The van der Waals surface area contributed by atoms with Crippen molar-refractivity contribution >= 4 is 27.3 Å². The molecule has 4 heteroatoms. The average molecular weight is 305 g/mol. The lowest BCUT2D eigenvalue weighted by atomic mass is 10.2. The summed E-state index contributed by atoms with van der Waals surface area (Å²) >= 11 is 3.47. The third-order valence-electron chi connectivity index (χ3n) is 3.22. The summed E-state index contributed by atoms with van der Waals surface area (Å²) < 4.78 is 2.81. The fourth-order valence-electron chi connectivity index (χ4n) is 2.30. The molecule has 2 aromatic rings. The van der Waals surface area contributed by atoms with E-state index in [0.717, 1.165) is 35.2 Å². The fourth-order valence-corrected chi connectivity index (χ4v) is 2.69. The van der Waals surface area contributed by atoms with Gasteiger partial charge in [0.2, 0.25) is 0 Å². The molecule has 3 rings (SSSR count). The third kappa shape index (κ3) is 1.97. The number of hydrogen-bond donors (Lipinski definition) is 1. The molecule has 0 saturated carbocycles. The van der Waals surface area contributed by atoms with Crippen molar-refractivity contribution in [1.29, 1.82) is 0 Å². The van der Waals surface area contributed by atoms with E-state index < -0.39 is 0 Å². The number of aryl methyl sites for hydroxylation is 1. The maximum absolute atomic E-state index is 12.3. The van der Waals surface area contributed by atoms with Crippen LogP contribution >= 0.6 is 15.9 Å². The molecule has 0 atom stereocenters. The molecule has 0 amide bonds. The van der Waals surface area contributed by atoms with Gasteiger partial charge >= 0.3 is 0 Å². The van der Waals surface area contributed by atoms with Gasteiger partial charge in [-0.15, -0.1) is 0 Å². The summed E-state index contributed by atoms with van der Waals surface area (Å²) in [7, 11) is 0. The fraction of sp³-hybridized carbons (Fsp3) is 0.214. The average Bonchev–Trinajstić information content (AvgIpc) is 2.84.